The van der Waals surface area contributed by atoms with Gasteiger partial charge in [0.25, 0.3) is 0 Å². The maximum Gasteiger partial charge on any atom is 0.303 e. The summed E-state index contributed by atoms with van der Waals surface area (Å²) >= 11 is 0. The van der Waals surface area contributed by atoms with E-state index in [0.717, 1.165) is 32.4 Å². The van der Waals surface area contributed by atoms with E-state index >= 15 is 0 Å². The summed E-state index contributed by atoms with van der Waals surface area (Å²) in [5.74, 6) is -0.702. The highest BCUT2D eigenvalue weighted by atomic mass is 16.4. The maximum absolute atomic E-state index is 10.5. The van der Waals surface area contributed by atoms with Crippen LogP contribution in [0.5, 0.6) is 0 Å². The minimum Gasteiger partial charge on any atom is -0.481 e. The molecule has 3 heteroatoms. The fourth-order valence-corrected chi connectivity index (χ4v) is 2.45. The fraction of sp³-hybridized carbons (Fsp3) is 0.500. The number of aryl methyl sites for hydroxylation is 1. The second-order valence-corrected chi connectivity index (χ2v) is 4.79. The first-order chi connectivity index (χ1) is 8.16. The molecule has 0 radical (unpaired) electrons. The Bertz CT molecular complexity index is 415. The highest BCUT2D eigenvalue weighted by Gasteiger charge is 2.15. The Hall–Kier alpha value is -1.35. The molecule has 0 aliphatic carbocycles. The highest BCUT2D eigenvalue weighted by Crippen LogP contribution is 2.23. The molecule has 0 bridgehead atoms. The number of carbonyl (C=O) groups is 1. The normalized spacial score (nSPS) is 15.6. The van der Waals surface area contributed by atoms with Crippen LogP contribution in [-0.4, -0.2) is 29.6 Å². The van der Waals surface area contributed by atoms with Gasteiger partial charge >= 0.3 is 5.97 Å². The van der Waals surface area contributed by atoms with Gasteiger partial charge in [-0.3, -0.25) is 4.79 Å². The Morgan fingerprint density at radius 1 is 1.47 bits per heavy atom. The number of aliphatic carboxylic acids is 1. The van der Waals surface area contributed by atoms with Crippen molar-refractivity contribution in [3.05, 3.63) is 34.9 Å². The van der Waals surface area contributed by atoms with Gasteiger partial charge in [-0.2, -0.15) is 0 Å². The molecule has 0 unspecified atom stereocenters. The van der Waals surface area contributed by atoms with Gasteiger partial charge in [0, 0.05) is 19.5 Å². The van der Waals surface area contributed by atoms with Crippen molar-refractivity contribution in [3.63, 3.8) is 0 Å². The zero-order valence-corrected chi connectivity index (χ0v) is 10.3. The zero-order valence-electron chi connectivity index (χ0n) is 10.3. The molecule has 1 N–H and O–H groups in total. The van der Waals surface area contributed by atoms with Gasteiger partial charge in [0.15, 0.2) is 0 Å². The Morgan fingerprint density at radius 2 is 2.29 bits per heavy atom. The summed E-state index contributed by atoms with van der Waals surface area (Å²) in [5, 5.41) is 8.66. The van der Waals surface area contributed by atoms with Crippen LogP contribution in [0.4, 0.5) is 0 Å². The molecular weight excluding hydrogens is 214 g/mol. The van der Waals surface area contributed by atoms with Crippen molar-refractivity contribution in [2.75, 3.05) is 13.6 Å². The first kappa shape index (κ1) is 12.1. The van der Waals surface area contributed by atoms with E-state index in [2.05, 4.69) is 30.1 Å². The molecule has 1 heterocycles. The average molecular weight is 233 g/mol. The van der Waals surface area contributed by atoms with E-state index in [4.69, 9.17) is 5.11 Å². The maximum atomic E-state index is 10.5. The summed E-state index contributed by atoms with van der Waals surface area (Å²) in [5.41, 5.74) is 4.19. The van der Waals surface area contributed by atoms with E-state index in [-0.39, 0.29) is 6.42 Å². The van der Waals surface area contributed by atoms with E-state index in [0.29, 0.717) is 0 Å². The second kappa shape index (κ2) is 5.32. The van der Waals surface area contributed by atoms with Crippen molar-refractivity contribution in [1.29, 1.82) is 0 Å². The average Bonchev–Trinajstić information content (AvgIpc) is 2.29. The third kappa shape index (κ3) is 3.07. The predicted octanol–water partition coefficient (Wildman–Crippen LogP) is 2.08. The third-order valence-electron chi connectivity index (χ3n) is 3.40. The molecule has 17 heavy (non-hydrogen) atoms. The molecule has 1 aromatic carbocycles. The number of carboxylic acid groups (broad SMARTS) is 1. The SMILES string of the molecule is CN1CCc2cccc(CCCC(=O)O)c2C1. The molecule has 2 rings (SSSR count). The third-order valence-corrected chi connectivity index (χ3v) is 3.40. The summed E-state index contributed by atoms with van der Waals surface area (Å²) in [6.45, 7) is 2.12. The number of likely N-dealkylation sites (N-methyl/N-ethyl adjacent to an activating group) is 1. The van der Waals surface area contributed by atoms with Crippen LogP contribution < -0.4 is 0 Å². The lowest BCUT2D eigenvalue weighted by molar-refractivity contribution is -0.137. The minimum atomic E-state index is -0.702. The number of benzene rings is 1. The molecule has 92 valence electrons. The molecular formula is C14H19NO2. The lowest BCUT2D eigenvalue weighted by Crippen LogP contribution is -2.27. The van der Waals surface area contributed by atoms with Gasteiger partial charge in [-0.1, -0.05) is 18.2 Å². The zero-order chi connectivity index (χ0) is 12.3. The van der Waals surface area contributed by atoms with Crippen molar-refractivity contribution in [1.82, 2.24) is 4.90 Å². The quantitative estimate of drug-likeness (QED) is 0.865. The molecule has 0 spiro atoms. The van der Waals surface area contributed by atoms with Crippen LogP contribution in [0.3, 0.4) is 0 Å². The Morgan fingerprint density at radius 3 is 3.06 bits per heavy atom. The van der Waals surface area contributed by atoms with Gasteiger partial charge in [-0.05, 0) is 43.0 Å². The fourth-order valence-electron chi connectivity index (χ4n) is 2.45. The molecule has 0 saturated carbocycles. The molecule has 1 aliphatic rings. The van der Waals surface area contributed by atoms with Crippen LogP contribution in [0.15, 0.2) is 18.2 Å². The monoisotopic (exact) mass is 233 g/mol. The van der Waals surface area contributed by atoms with Crippen molar-refractivity contribution in [2.24, 2.45) is 0 Å². The Labute approximate surface area is 102 Å². The first-order valence-corrected chi connectivity index (χ1v) is 6.17. The molecule has 3 nitrogen and oxygen atoms in total. The lowest BCUT2D eigenvalue weighted by Gasteiger charge is -2.27. The highest BCUT2D eigenvalue weighted by molar-refractivity contribution is 5.66. The van der Waals surface area contributed by atoms with Crippen molar-refractivity contribution in [3.8, 4) is 0 Å². The standard InChI is InChI=1S/C14H19NO2/c1-15-9-8-12-5-2-4-11(13(12)10-15)6-3-7-14(16)17/h2,4-5H,3,6-10H2,1H3,(H,16,17). The number of fused-ring (bicyclic) bond motifs is 1. The lowest BCUT2D eigenvalue weighted by atomic mass is 9.92. The summed E-state index contributed by atoms with van der Waals surface area (Å²) < 4.78 is 0. The van der Waals surface area contributed by atoms with E-state index in [1.54, 1.807) is 0 Å². The molecule has 0 aromatic heterocycles. The van der Waals surface area contributed by atoms with Crippen LogP contribution in [-0.2, 0) is 24.2 Å². The number of nitrogens with zero attached hydrogens (tertiary/aromatic N) is 1. The van der Waals surface area contributed by atoms with Crippen molar-refractivity contribution < 1.29 is 9.90 Å². The van der Waals surface area contributed by atoms with E-state index in [1.807, 2.05) is 0 Å². The predicted molar refractivity (Wildman–Crippen MR) is 67.1 cm³/mol. The molecule has 1 aromatic rings. The number of rotatable bonds is 4. The number of hydrogen-bond donors (Lipinski definition) is 1. The van der Waals surface area contributed by atoms with Gasteiger partial charge < -0.3 is 10.0 Å². The van der Waals surface area contributed by atoms with Crippen molar-refractivity contribution >= 4 is 5.97 Å². The second-order valence-electron chi connectivity index (χ2n) is 4.79. The van der Waals surface area contributed by atoms with E-state index < -0.39 is 5.97 Å². The number of hydrogen-bond acceptors (Lipinski definition) is 2. The molecule has 1 aliphatic heterocycles. The molecule has 0 saturated heterocycles. The van der Waals surface area contributed by atoms with Crippen LogP contribution in [0.2, 0.25) is 0 Å². The van der Waals surface area contributed by atoms with Gasteiger partial charge in [-0.25, -0.2) is 0 Å². The van der Waals surface area contributed by atoms with E-state index in [9.17, 15) is 4.79 Å². The Balaban J connectivity index is 2.09. The van der Waals surface area contributed by atoms with Crippen LogP contribution in [0.25, 0.3) is 0 Å². The van der Waals surface area contributed by atoms with Gasteiger partial charge in [0.2, 0.25) is 0 Å². The van der Waals surface area contributed by atoms with Crippen LogP contribution >= 0.6 is 0 Å². The molecule has 0 fully saturated rings. The van der Waals surface area contributed by atoms with Crippen molar-refractivity contribution in [2.45, 2.75) is 32.2 Å². The number of carboxylic acids is 1. The topological polar surface area (TPSA) is 40.5 Å². The first-order valence-electron chi connectivity index (χ1n) is 6.17. The summed E-state index contributed by atoms with van der Waals surface area (Å²) in [4.78, 5) is 12.8. The van der Waals surface area contributed by atoms with Gasteiger partial charge in [0.05, 0.1) is 0 Å². The largest absolute Gasteiger partial charge is 0.481 e. The minimum absolute atomic E-state index is 0.263. The van der Waals surface area contributed by atoms with Gasteiger partial charge in [0.1, 0.15) is 0 Å². The van der Waals surface area contributed by atoms with Crippen LogP contribution in [0.1, 0.15) is 29.5 Å². The summed E-state index contributed by atoms with van der Waals surface area (Å²) in [6, 6.07) is 6.43. The molecule has 0 atom stereocenters. The molecule has 0 amide bonds. The van der Waals surface area contributed by atoms with Gasteiger partial charge in [-0.15, -0.1) is 0 Å². The smallest absolute Gasteiger partial charge is 0.303 e. The summed E-state index contributed by atoms with van der Waals surface area (Å²) in [7, 11) is 2.14. The van der Waals surface area contributed by atoms with Crippen LogP contribution in [0, 0.1) is 0 Å². The Kier molecular flexibility index (Phi) is 3.79. The van der Waals surface area contributed by atoms with E-state index in [1.165, 1.54) is 16.7 Å². The summed E-state index contributed by atoms with van der Waals surface area (Å²) in [6.07, 6.45) is 2.98.